The van der Waals surface area contributed by atoms with Gasteiger partial charge in [-0.05, 0) is 68.1 Å². The lowest BCUT2D eigenvalue weighted by atomic mass is 10.0. The summed E-state index contributed by atoms with van der Waals surface area (Å²) in [6, 6.07) is 26.7. The predicted octanol–water partition coefficient (Wildman–Crippen LogP) is 6.96. The van der Waals surface area contributed by atoms with E-state index in [0.717, 1.165) is 51.9 Å². The van der Waals surface area contributed by atoms with Crippen LogP contribution >= 0.6 is 0 Å². The van der Waals surface area contributed by atoms with Crippen molar-refractivity contribution in [3.8, 4) is 11.4 Å². The minimum absolute atomic E-state index is 0.0469. The van der Waals surface area contributed by atoms with Gasteiger partial charge in [0.2, 0.25) is 5.91 Å². The van der Waals surface area contributed by atoms with E-state index >= 15 is 0 Å². The van der Waals surface area contributed by atoms with E-state index in [9.17, 15) is 4.79 Å². The Morgan fingerprint density at radius 1 is 0.939 bits per heavy atom. The SMILES string of the molecule is Cc1ccc2[nH]c(-c3ccc4ccccc4n3)c(CCCC(=O)Nc3ccccc3C)c2c1. The Kier molecular flexibility index (Phi) is 5.66. The van der Waals surface area contributed by atoms with Crippen LogP contribution in [-0.4, -0.2) is 15.9 Å². The molecular weight excluding hydrogens is 406 g/mol. The van der Waals surface area contributed by atoms with Gasteiger partial charge in [-0.3, -0.25) is 4.79 Å². The second-order valence-corrected chi connectivity index (χ2v) is 8.63. The Morgan fingerprint density at radius 3 is 2.64 bits per heavy atom. The van der Waals surface area contributed by atoms with E-state index in [0.29, 0.717) is 6.42 Å². The summed E-state index contributed by atoms with van der Waals surface area (Å²) in [6.45, 7) is 4.12. The summed E-state index contributed by atoms with van der Waals surface area (Å²) in [4.78, 5) is 21.1. The first-order chi connectivity index (χ1) is 16.1. The van der Waals surface area contributed by atoms with E-state index in [-0.39, 0.29) is 5.91 Å². The number of fused-ring (bicyclic) bond motifs is 2. The molecule has 5 rings (SSSR count). The first-order valence-corrected chi connectivity index (χ1v) is 11.4. The number of amides is 1. The molecule has 0 saturated heterocycles. The van der Waals surface area contributed by atoms with Crippen molar-refractivity contribution in [1.29, 1.82) is 0 Å². The van der Waals surface area contributed by atoms with E-state index in [2.05, 4.69) is 53.6 Å². The number of aromatic nitrogens is 2. The second kappa shape index (κ2) is 8.91. The highest BCUT2D eigenvalue weighted by atomic mass is 16.1. The van der Waals surface area contributed by atoms with Gasteiger partial charge < -0.3 is 10.3 Å². The zero-order valence-electron chi connectivity index (χ0n) is 19.0. The van der Waals surface area contributed by atoms with E-state index < -0.39 is 0 Å². The van der Waals surface area contributed by atoms with Gasteiger partial charge in [0.15, 0.2) is 0 Å². The summed E-state index contributed by atoms with van der Waals surface area (Å²) in [6.07, 6.45) is 2.03. The van der Waals surface area contributed by atoms with Crippen LogP contribution in [0.5, 0.6) is 0 Å². The van der Waals surface area contributed by atoms with Crippen LogP contribution in [0.2, 0.25) is 0 Å². The van der Waals surface area contributed by atoms with Crippen LogP contribution in [0.4, 0.5) is 5.69 Å². The maximum Gasteiger partial charge on any atom is 0.224 e. The Balaban J connectivity index is 1.42. The molecule has 4 heteroatoms. The number of benzene rings is 3. The molecule has 0 saturated carbocycles. The van der Waals surface area contributed by atoms with Crippen molar-refractivity contribution in [1.82, 2.24) is 9.97 Å². The molecule has 2 aromatic heterocycles. The minimum atomic E-state index is 0.0469. The molecule has 0 aliphatic heterocycles. The molecular formula is C29H27N3O. The molecule has 33 heavy (non-hydrogen) atoms. The number of rotatable bonds is 6. The fourth-order valence-electron chi connectivity index (χ4n) is 4.40. The first kappa shape index (κ1) is 21.0. The standard InChI is InChI=1S/C29H27N3O/c1-19-14-16-26-23(18-19)22(10-7-13-28(33)31-24-11-5-3-8-20(24)2)29(32-26)27-17-15-21-9-4-6-12-25(21)30-27/h3-6,8-9,11-12,14-18,32H,7,10,13H2,1-2H3,(H,31,33). The normalized spacial score (nSPS) is 11.2. The molecule has 3 aromatic carbocycles. The lowest BCUT2D eigenvalue weighted by molar-refractivity contribution is -0.116. The topological polar surface area (TPSA) is 57.8 Å². The Hall–Kier alpha value is -3.92. The van der Waals surface area contributed by atoms with Crippen LogP contribution in [-0.2, 0) is 11.2 Å². The van der Waals surface area contributed by atoms with Crippen LogP contribution in [0.1, 0.15) is 29.5 Å². The number of nitrogens with zero attached hydrogens (tertiary/aromatic N) is 1. The van der Waals surface area contributed by atoms with Gasteiger partial charge in [0.25, 0.3) is 0 Å². The molecule has 0 radical (unpaired) electrons. The van der Waals surface area contributed by atoms with Crippen LogP contribution in [0.25, 0.3) is 33.2 Å². The number of hydrogen-bond acceptors (Lipinski definition) is 2. The van der Waals surface area contributed by atoms with Crippen LogP contribution in [0, 0.1) is 13.8 Å². The summed E-state index contributed by atoms with van der Waals surface area (Å²) in [5, 5.41) is 5.38. The average molecular weight is 434 g/mol. The minimum Gasteiger partial charge on any atom is -0.353 e. The van der Waals surface area contributed by atoms with Crippen LogP contribution in [0.15, 0.2) is 78.9 Å². The third-order valence-corrected chi connectivity index (χ3v) is 6.17. The number of carbonyl (C=O) groups is 1. The fourth-order valence-corrected chi connectivity index (χ4v) is 4.40. The largest absolute Gasteiger partial charge is 0.353 e. The number of para-hydroxylation sites is 2. The number of anilines is 1. The number of aromatic amines is 1. The van der Waals surface area contributed by atoms with E-state index in [4.69, 9.17) is 4.98 Å². The number of hydrogen-bond donors (Lipinski definition) is 2. The molecule has 0 aliphatic rings. The zero-order valence-corrected chi connectivity index (χ0v) is 19.0. The molecule has 0 spiro atoms. The van der Waals surface area contributed by atoms with E-state index in [1.807, 2.05) is 49.4 Å². The van der Waals surface area contributed by atoms with Crippen molar-refractivity contribution in [2.75, 3.05) is 5.32 Å². The highest BCUT2D eigenvalue weighted by Crippen LogP contribution is 2.32. The summed E-state index contributed by atoms with van der Waals surface area (Å²) in [5.41, 5.74) is 8.45. The van der Waals surface area contributed by atoms with Gasteiger partial charge >= 0.3 is 0 Å². The molecule has 2 N–H and O–H groups in total. The summed E-state index contributed by atoms with van der Waals surface area (Å²) in [5.74, 6) is 0.0469. The van der Waals surface area contributed by atoms with Crippen molar-refractivity contribution >= 4 is 33.4 Å². The molecule has 4 nitrogen and oxygen atoms in total. The first-order valence-electron chi connectivity index (χ1n) is 11.4. The third-order valence-electron chi connectivity index (χ3n) is 6.17. The van der Waals surface area contributed by atoms with Crippen molar-refractivity contribution in [2.24, 2.45) is 0 Å². The molecule has 5 aromatic rings. The molecule has 0 bridgehead atoms. The van der Waals surface area contributed by atoms with E-state index in [1.165, 1.54) is 16.5 Å². The monoisotopic (exact) mass is 433 g/mol. The fraction of sp³-hybridized carbons (Fsp3) is 0.172. The Bertz CT molecular complexity index is 1460. The smallest absolute Gasteiger partial charge is 0.224 e. The van der Waals surface area contributed by atoms with Gasteiger partial charge in [-0.2, -0.15) is 0 Å². The number of carbonyl (C=O) groups excluding carboxylic acids is 1. The molecule has 0 atom stereocenters. The molecule has 2 heterocycles. The Labute approximate surface area is 193 Å². The molecule has 164 valence electrons. The highest BCUT2D eigenvalue weighted by molar-refractivity contribution is 5.93. The molecule has 0 fully saturated rings. The second-order valence-electron chi connectivity index (χ2n) is 8.63. The maximum absolute atomic E-state index is 12.6. The number of aryl methyl sites for hydroxylation is 3. The van der Waals surface area contributed by atoms with Crippen molar-refractivity contribution in [2.45, 2.75) is 33.1 Å². The van der Waals surface area contributed by atoms with Gasteiger partial charge in [0, 0.05) is 28.4 Å². The van der Waals surface area contributed by atoms with Gasteiger partial charge in [-0.25, -0.2) is 4.98 Å². The zero-order chi connectivity index (χ0) is 22.8. The summed E-state index contributed by atoms with van der Waals surface area (Å²) in [7, 11) is 0. The lowest BCUT2D eigenvalue weighted by Crippen LogP contribution is -2.12. The maximum atomic E-state index is 12.6. The average Bonchev–Trinajstić information content (AvgIpc) is 3.18. The van der Waals surface area contributed by atoms with Gasteiger partial charge in [-0.15, -0.1) is 0 Å². The third kappa shape index (κ3) is 4.37. The molecule has 0 aliphatic carbocycles. The predicted molar refractivity (Wildman–Crippen MR) is 137 cm³/mol. The Morgan fingerprint density at radius 2 is 1.76 bits per heavy atom. The van der Waals surface area contributed by atoms with Crippen molar-refractivity contribution in [3.05, 3.63) is 95.6 Å². The number of pyridine rings is 1. The summed E-state index contributed by atoms with van der Waals surface area (Å²) >= 11 is 0. The molecule has 0 unspecified atom stereocenters. The highest BCUT2D eigenvalue weighted by Gasteiger charge is 2.15. The number of nitrogens with one attached hydrogen (secondary N) is 2. The van der Waals surface area contributed by atoms with E-state index in [1.54, 1.807) is 0 Å². The summed E-state index contributed by atoms with van der Waals surface area (Å²) < 4.78 is 0. The van der Waals surface area contributed by atoms with Crippen LogP contribution < -0.4 is 5.32 Å². The molecule has 1 amide bonds. The van der Waals surface area contributed by atoms with Gasteiger partial charge in [-0.1, -0.05) is 54.1 Å². The quantitative estimate of drug-likeness (QED) is 0.304. The number of H-pyrrole nitrogens is 1. The van der Waals surface area contributed by atoms with Crippen LogP contribution in [0.3, 0.4) is 0 Å². The van der Waals surface area contributed by atoms with Gasteiger partial charge in [0.05, 0.1) is 16.9 Å². The van der Waals surface area contributed by atoms with Crippen molar-refractivity contribution < 1.29 is 4.79 Å². The lowest BCUT2D eigenvalue weighted by Gasteiger charge is -2.09. The van der Waals surface area contributed by atoms with Gasteiger partial charge in [0.1, 0.15) is 0 Å². The van der Waals surface area contributed by atoms with Crippen molar-refractivity contribution in [3.63, 3.8) is 0 Å².